The van der Waals surface area contributed by atoms with Crippen LogP contribution in [0, 0.1) is 6.92 Å². The van der Waals surface area contributed by atoms with Gasteiger partial charge in [-0.05, 0) is 17.9 Å². The van der Waals surface area contributed by atoms with Crippen molar-refractivity contribution in [1.29, 1.82) is 0 Å². The number of hydrogen-bond donors (Lipinski definition) is 2. The Hall–Kier alpha value is -1.08. The van der Waals surface area contributed by atoms with Crippen molar-refractivity contribution in [2.75, 3.05) is 6.54 Å². The molecular formula is C9H10F3NO2S. The summed E-state index contributed by atoms with van der Waals surface area (Å²) in [7, 11) is 0. The Morgan fingerprint density at radius 2 is 2.19 bits per heavy atom. The first-order chi connectivity index (χ1) is 7.32. The van der Waals surface area contributed by atoms with E-state index in [2.05, 4.69) is 0 Å². The number of aliphatic hydroxyl groups is 1. The molecule has 1 atom stereocenters. The normalized spacial score (nSPS) is 13.6. The molecule has 1 rings (SSSR count). The van der Waals surface area contributed by atoms with Crippen LogP contribution >= 0.6 is 11.3 Å². The summed E-state index contributed by atoms with van der Waals surface area (Å²) in [4.78, 5) is 11.4. The molecule has 2 N–H and O–H groups in total. The van der Waals surface area contributed by atoms with Crippen molar-refractivity contribution in [2.24, 2.45) is 0 Å². The minimum Gasteiger partial charge on any atom is -0.382 e. The zero-order valence-corrected chi connectivity index (χ0v) is 9.15. The summed E-state index contributed by atoms with van der Waals surface area (Å²) in [5.41, 5.74) is 1.03. The van der Waals surface area contributed by atoms with E-state index in [0.29, 0.717) is 11.1 Å². The van der Waals surface area contributed by atoms with Crippen molar-refractivity contribution in [3.8, 4) is 0 Å². The minimum atomic E-state index is -4.71. The average Bonchev–Trinajstić information content (AvgIpc) is 2.58. The molecule has 0 fully saturated rings. The van der Waals surface area contributed by atoms with Crippen LogP contribution in [0.2, 0.25) is 0 Å². The van der Waals surface area contributed by atoms with E-state index in [1.807, 2.05) is 5.32 Å². The van der Waals surface area contributed by atoms with Gasteiger partial charge in [0.2, 0.25) is 0 Å². The number of nitrogens with one attached hydrogen (secondary N) is 1. The van der Waals surface area contributed by atoms with E-state index in [1.54, 1.807) is 17.7 Å². The number of rotatable bonds is 3. The summed E-state index contributed by atoms with van der Waals surface area (Å²) in [5, 5.41) is 14.0. The van der Waals surface area contributed by atoms with Crippen LogP contribution in [-0.2, 0) is 0 Å². The first kappa shape index (κ1) is 13.0. The third-order valence-electron chi connectivity index (χ3n) is 1.93. The maximum atomic E-state index is 11.9. The number of hydrogen-bond acceptors (Lipinski definition) is 3. The topological polar surface area (TPSA) is 49.3 Å². The lowest BCUT2D eigenvalue weighted by atomic mass is 10.2. The predicted octanol–water partition coefficient (Wildman–Crippen LogP) is 1.71. The zero-order chi connectivity index (χ0) is 12.3. The van der Waals surface area contributed by atoms with E-state index in [0.717, 1.165) is 0 Å². The SMILES string of the molecule is Cc1cscc1C(=O)NCC(O)C(F)(F)F. The third-order valence-corrected chi connectivity index (χ3v) is 2.80. The molecule has 90 valence electrons. The molecule has 0 radical (unpaired) electrons. The lowest BCUT2D eigenvalue weighted by molar-refractivity contribution is -0.201. The Balaban J connectivity index is 2.52. The molecular weight excluding hydrogens is 243 g/mol. The molecule has 3 nitrogen and oxygen atoms in total. The van der Waals surface area contributed by atoms with Crippen LogP contribution in [-0.4, -0.2) is 29.8 Å². The maximum absolute atomic E-state index is 11.9. The van der Waals surface area contributed by atoms with E-state index >= 15 is 0 Å². The lowest BCUT2D eigenvalue weighted by Crippen LogP contribution is -2.40. The molecule has 1 unspecified atom stereocenters. The molecule has 7 heteroatoms. The summed E-state index contributed by atoms with van der Waals surface area (Å²) in [6.45, 7) is 0.850. The van der Waals surface area contributed by atoms with Crippen molar-refractivity contribution < 1.29 is 23.1 Å². The second-order valence-electron chi connectivity index (χ2n) is 3.24. The Morgan fingerprint density at radius 1 is 1.56 bits per heavy atom. The average molecular weight is 253 g/mol. The number of alkyl halides is 3. The number of carbonyl (C=O) groups is 1. The van der Waals surface area contributed by atoms with Gasteiger partial charge in [-0.1, -0.05) is 0 Å². The van der Waals surface area contributed by atoms with Gasteiger partial charge in [0.15, 0.2) is 6.10 Å². The fourth-order valence-corrected chi connectivity index (χ4v) is 1.82. The van der Waals surface area contributed by atoms with Crippen LogP contribution < -0.4 is 5.32 Å². The van der Waals surface area contributed by atoms with E-state index in [4.69, 9.17) is 5.11 Å². The van der Waals surface area contributed by atoms with Gasteiger partial charge in [-0.25, -0.2) is 0 Å². The van der Waals surface area contributed by atoms with Crippen LogP contribution in [0.15, 0.2) is 10.8 Å². The quantitative estimate of drug-likeness (QED) is 0.861. The summed E-state index contributed by atoms with van der Waals surface area (Å²) in [5.74, 6) is -0.609. The summed E-state index contributed by atoms with van der Waals surface area (Å²) >= 11 is 1.29. The van der Waals surface area contributed by atoms with Gasteiger partial charge < -0.3 is 10.4 Å². The Bertz CT molecular complexity index is 375. The van der Waals surface area contributed by atoms with Gasteiger partial charge in [-0.3, -0.25) is 4.79 Å². The molecule has 1 aromatic rings. The molecule has 1 aromatic heterocycles. The van der Waals surface area contributed by atoms with Gasteiger partial charge >= 0.3 is 6.18 Å². The number of thiophene rings is 1. The highest BCUT2D eigenvalue weighted by Gasteiger charge is 2.38. The van der Waals surface area contributed by atoms with Gasteiger partial charge in [0.25, 0.3) is 5.91 Å². The largest absolute Gasteiger partial charge is 0.416 e. The molecule has 0 aromatic carbocycles. The highest BCUT2D eigenvalue weighted by molar-refractivity contribution is 7.08. The van der Waals surface area contributed by atoms with Crippen LogP contribution in [0.5, 0.6) is 0 Å². The van der Waals surface area contributed by atoms with E-state index in [9.17, 15) is 18.0 Å². The highest BCUT2D eigenvalue weighted by atomic mass is 32.1. The molecule has 0 saturated heterocycles. The minimum absolute atomic E-state index is 0.333. The van der Waals surface area contributed by atoms with Crippen LogP contribution in [0.3, 0.4) is 0 Å². The number of aliphatic hydroxyl groups excluding tert-OH is 1. The number of halogens is 3. The second-order valence-corrected chi connectivity index (χ2v) is 3.98. The molecule has 0 aliphatic carbocycles. The van der Waals surface area contributed by atoms with Gasteiger partial charge in [0, 0.05) is 5.38 Å². The van der Waals surface area contributed by atoms with Crippen LogP contribution in [0.4, 0.5) is 13.2 Å². The molecule has 16 heavy (non-hydrogen) atoms. The lowest BCUT2D eigenvalue weighted by Gasteiger charge is -2.14. The van der Waals surface area contributed by atoms with Crippen molar-refractivity contribution in [3.63, 3.8) is 0 Å². The Labute approximate surface area is 93.9 Å². The number of amides is 1. The van der Waals surface area contributed by atoms with Crippen molar-refractivity contribution in [3.05, 3.63) is 21.9 Å². The first-order valence-electron chi connectivity index (χ1n) is 4.38. The molecule has 0 spiro atoms. The van der Waals surface area contributed by atoms with Crippen molar-refractivity contribution >= 4 is 17.2 Å². The van der Waals surface area contributed by atoms with Gasteiger partial charge in [0.05, 0.1) is 12.1 Å². The maximum Gasteiger partial charge on any atom is 0.416 e. The molecule has 0 aliphatic rings. The van der Waals surface area contributed by atoms with E-state index in [-0.39, 0.29) is 0 Å². The molecule has 1 heterocycles. The zero-order valence-electron chi connectivity index (χ0n) is 8.34. The second kappa shape index (κ2) is 4.84. The number of carbonyl (C=O) groups excluding carboxylic acids is 1. The summed E-state index contributed by atoms with van der Waals surface area (Å²) in [6, 6.07) is 0. The Kier molecular flexibility index (Phi) is 3.93. The third kappa shape index (κ3) is 3.21. The first-order valence-corrected chi connectivity index (χ1v) is 5.32. The standard InChI is InChI=1S/C9H10F3NO2S/c1-5-3-16-4-6(5)8(15)13-2-7(14)9(10,11)12/h3-4,7,14H,2H2,1H3,(H,13,15). The fraction of sp³-hybridized carbons (Fsp3) is 0.444. The van der Waals surface area contributed by atoms with Gasteiger partial charge in [0.1, 0.15) is 0 Å². The molecule has 1 amide bonds. The fourth-order valence-electron chi connectivity index (χ4n) is 0.993. The smallest absolute Gasteiger partial charge is 0.382 e. The van der Waals surface area contributed by atoms with Gasteiger partial charge in [-0.15, -0.1) is 0 Å². The monoisotopic (exact) mass is 253 g/mol. The van der Waals surface area contributed by atoms with Crippen LogP contribution in [0.1, 0.15) is 15.9 Å². The van der Waals surface area contributed by atoms with Crippen LogP contribution in [0.25, 0.3) is 0 Å². The molecule has 0 aliphatic heterocycles. The van der Waals surface area contributed by atoms with Crippen molar-refractivity contribution in [2.45, 2.75) is 19.2 Å². The number of aryl methyl sites for hydroxylation is 1. The van der Waals surface area contributed by atoms with E-state index in [1.165, 1.54) is 11.3 Å². The summed E-state index contributed by atoms with van der Waals surface area (Å²) < 4.78 is 35.8. The molecule has 0 bridgehead atoms. The van der Waals surface area contributed by atoms with Gasteiger partial charge in [-0.2, -0.15) is 24.5 Å². The van der Waals surface area contributed by atoms with Crippen molar-refractivity contribution in [1.82, 2.24) is 5.32 Å². The van der Waals surface area contributed by atoms with E-state index < -0.39 is 24.7 Å². The summed E-state index contributed by atoms with van der Waals surface area (Å²) in [6.07, 6.45) is -7.24. The molecule has 0 saturated carbocycles. The Morgan fingerprint density at radius 3 is 2.62 bits per heavy atom. The predicted molar refractivity (Wildman–Crippen MR) is 53.5 cm³/mol. The highest BCUT2D eigenvalue weighted by Crippen LogP contribution is 2.19.